The van der Waals surface area contributed by atoms with Gasteiger partial charge in [-0.2, -0.15) is 0 Å². The van der Waals surface area contributed by atoms with Crippen LogP contribution in [0.4, 0.5) is 5.69 Å². The molecule has 98 valence electrons. The van der Waals surface area contributed by atoms with E-state index >= 15 is 0 Å². The number of amides is 1. The lowest BCUT2D eigenvalue weighted by Gasteiger charge is -2.17. The lowest BCUT2D eigenvalue weighted by atomic mass is 10.1. The summed E-state index contributed by atoms with van der Waals surface area (Å²) < 4.78 is 0. The van der Waals surface area contributed by atoms with E-state index < -0.39 is 12.2 Å². The highest BCUT2D eigenvalue weighted by Gasteiger charge is 2.32. The molecule has 2 unspecified atom stereocenters. The number of likely N-dealkylation sites (tertiary alicyclic amines) is 1. The van der Waals surface area contributed by atoms with Crippen LogP contribution in [-0.2, 0) is 0 Å². The molecule has 0 aliphatic carbocycles. The van der Waals surface area contributed by atoms with Gasteiger partial charge in [-0.15, -0.1) is 0 Å². The van der Waals surface area contributed by atoms with Crippen LogP contribution >= 0.6 is 0 Å². The molecule has 1 fully saturated rings. The Bertz CT molecular complexity index is 438. The van der Waals surface area contributed by atoms with Crippen LogP contribution in [0.3, 0.4) is 0 Å². The Morgan fingerprint density at radius 1 is 1.28 bits per heavy atom. The van der Waals surface area contributed by atoms with Crippen molar-refractivity contribution in [1.82, 2.24) is 4.90 Å². The van der Waals surface area contributed by atoms with Gasteiger partial charge in [-0.05, 0) is 18.2 Å². The van der Waals surface area contributed by atoms with Crippen molar-refractivity contribution < 1.29 is 15.0 Å². The summed E-state index contributed by atoms with van der Waals surface area (Å²) in [7, 11) is 3.82. The van der Waals surface area contributed by atoms with Gasteiger partial charge in [-0.1, -0.05) is 6.07 Å². The second-order valence-electron chi connectivity index (χ2n) is 4.79. The number of hydrogen-bond donors (Lipinski definition) is 2. The quantitative estimate of drug-likeness (QED) is 0.771. The first-order valence-electron chi connectivity index (χ1n) is 5.92. The van der Waals surface area contributed by atoms with Gasteiger partial charge in [0.15, 0.2) is 0 Å². The topological polar surface area (TPSA) is 64.0 Å². The highest BCUT2D eigenvalue weighted by Crippen LogP contribution is 2.18. The Labute approximate surface area is 106 Å². The molecule has 0 saturated carbocycles. The largest absolute Gasteiger partial charge is 0.388 e. The molecule has 1 amide bonds. The zero-order valence-electron chi connectivity index (χ0n) is 10.6. The molecular weight excluding hydrogens is 232 g/mol. The average molecular weight is 250 g/mol. The summed E-state index contributed by atoms with van der Waals surface area (Å²) in [5, 5.41) is 18.9. The molecule has 0 bridgehead atoms. The number of hydrogen-bond acceptors (Lipinski definition) is 4. The number of anilines is 1. The summed E-state index contributed by atoms with van der Waals surface area (Å²) >= 11 is 0. The van der Waals surface area contributed by atoms with Crippen molar-refractivity contribution >= 4 is 11.6 Å². The van der Waals surface area contributed by atoms with E-state index in [1.807, 2.05) is 31.1 Å². The van der Waals surface area contributed by atoms with Crippen LogP contribution in [-0.4, -0.2) is 60.4 Å². The van der Waals surface area contributed by atoms with Crippen molar-refractivity contribution in [3.8, 4) is 0 Å². The third kappa shape index (κ3) is 2.47. The number of rotatable bonds is 2. The van der Waals surface area contributed by atoms with E-state index in [0.29, 0.717) is 5.56 Å². The second-order valence-corrected chi connectivity index (χ2v) is 4.79. The van der Waals surface area contributed by atoms with E-state index in [9.17, 15) is 15.0 Å². The van der Waals surface area contributed by atoms with Crippen molar-refractivity contribution in [2.45, 2.75) is 12.2 Å². The molecular formula is C13H18N2O3. The molecule has 0 aromatic heterocycles. The number of aliphatic hydroxyl groups is 2. The lowest BCUT2D eigenvalue weighted by Crippen LogP contribution is -2.29. The third-order valence-electron chi connectivity index (χ3n) is 3.16. The van der Waals surface area contributed by atoms with Gasteiger partial charge in [-0.3, -0.25) is 4.79 Å². The molecule has 1 aliphatic rings. The van der Waals surface area contributed by atoms with Crippen molar-refractivity contribution in [3.05, 3.63) is 29.8 Å². The number of β-amino-alcohol motifs (C(OH)–C–C–N with tert-alkyl or cyclic N) is 2. The predicted molar refractivity (Wildman–Crippen MR) is 68.7 cm³/mol. The molecule has 2 rings (SSSR count). The van der Waals surface area contributed by atoms with E-state index in [-0.39, 0.29) is 19.0 Å². The Morgan fingerprint density at radius 3 is 2.44 bits per heavy atom. The molecule has 5 nitrogen and oxygen atoms in total. The van der Waals surface area contributed by atoms with Crippen LogP contribution in [0.5, 0.6) is 0 Å². The van der Waals surface area contributed by atoms with E-state index in [0.717, 1.165) is 5.69 Å². The van der Waals surface area contributed by atoms with Crippen LogP contribution in [0, 0.1) is 0 Å². The highest BCUT2D eigenvalue weighted by atomic mass is 16.3. The van der Waals surface area contributed by atoms with Gasteiger partial charge in [0, 0.05) is 38.4 Å². The van der Waals surface area contributed by atoms with Gasteiger partial charge >= 0.3 is 0 Å². The SMILES string of the molecule is CN(C)c1cccc(C(=O)N2CC(O)C(O)C2)c1. The van der Waals surface area contributed by atoms with Gasteiger partial charge < -0.3 is 20.0 Å². The fourth-order valence-corrected chi connectivity index (χ4v) is 2.03. The van der Waals surface area contributed by atoms with Crippen LogP contribution in [0.1, 0.15) is 10.4 Å². The van der Waals surface area contributed by atoms with Gasteiger partial charge in [0.2, 0.25) is 0 Å². The number of carbonyl (C=O) groups is 1. The molecule has 1 heterocycles. The first-order chi connectivity index (χ1) is 8.49. The zero-order valence-corrected chi connectivity index (χ0v) is 10.6. The van der Waals surface area contributed by atoms with Crippen molar-refractivity contribution in [2.75, 3.05) is 32.1 Å². The molecule has 0 spiro atoms. The Balaban J connectivity index is 2.17. The number of carbonyl (C=O) groups excluding carboxylic acids is 1. The Hall–Kier alpha value is -1.59. The number of aliphatic hydroxyl groups excluding tert-OH is 2. The minimum atomic E-state index is -0.842. The average Bonchev–Trinajstić information content (AvgIpc) is 2.69. The van der Waals surface area contributed by atoms with E-state index in [2.05, 4.69) is 0 Å². The van der Waals surface area contributed by atoms with Crippen LogP contribution < -0.4 is 4.90 Å². The third-order valence-corrected chi connectivity index (χ3v) is 3.16. The summed E-state index contributed by atoms with van der Waals surface area (Å²) in [5.74, 6) is -0.158. The van der Waals surface area contributed by atoms with Crippen LogP contribution in [0.2, 0.25) is 0 Å². The monoisotopic (exact) mass is 250 g/mol. The van der Waals surface area contributed by atoms with Crippen molar-refractivity contribution in [3.63, 3.8) is 0 Å². The normalized spacial score (nSPS) is 23.2. The smallest absolute Gasteiger partial charge is 0.254 e. The van der Waals surface area contributed by atoms with Crippen molar-refractivity contribution in [2.24, 2.45) is 0 Å². The molecule has 2 N–H and O–H groups in total. The number of nitrogens with zero attached hydrogens (tertiary/aromatic N) is 2. The van der Waals surface area contributed by atoms with Crippen LogP contribution in [0.15, 0.2) is 24.3 Å². The lowest BCUT2D eigenvalue weighted by molar-refractivity contribution is 0.0572. The standard InChI is InChI=1S/C13H18N2O3/c1-14(2)10-5-3-4-9(6-10)13(18)15-7-11(16)12(17)8-15/h3-6,11-12,16-17H,7-8H2,1-2H3. The maximum atomic E-state index is 12.2. The molecule has 0 radical (unpaired) electrons. The summed E-state index contributed by atoms with van der Waals surface area (Å²) in [6.07, 6.45) is -1.68. The zero-order chi connectivity index (χ0) is 13.3. The van der Waals surface area contributed by atoms with Gasteiger partial charge in [0.05, 0.1) is 12.2 Å². The van der Waals surface area contributed by atoms with E-state index in [4.69, 9.17) is 0 Å². The summed E-state index contributed by atoms with van der Waals surface area (Å²) in [6.45, 7) is 0.373. The minimum absolute atomic E-state index is 0.158. The van der Waals surface area contributed by atoms with Gasteiger partial charge in [0.1, 0.15) is 0 Å². The summed E-state index contributed by atoms with van der Waals surface area (Å²) in [5.41, 5.74) is 1.52. The molecule has 5 heteroatoms. The van der Waals surface area contributed by atoms with Crippen LogP contribution in [0.25, 0.3) is 0 Å². The first kappa shape index (κ1) is 12.9. The molecule has 18 heavy (non-hydrogen) atoms. The summed E-state index contributed by atoms with van der Waals surface area (Å²) in [6, 6.07) is 7.29. The molecule has 1 aromatic rings. The predicted octanol–water partition coefficient (Wildman–Crippen LogP) is -0.0698. The van der Waals surface area contributed by atoms with Gasteiger partial charge in [-0.25, -0.2) is 0 Å². The Kier molecular flexibility index (Phi) is 3.54. The second kappa shape index (κ2) is 4.96. The molecule has 1 aromatic carbocycles. The van der Waals surface area contributed by atoms with Crippen molar-refractivity contribution in [1.29, 1.82) is 0 Å². The summed E-state index contributed by atoms with van der Waals surface area (Å²) in [4.78, 5) is 15.6. The highest BCUT2D eigenvalue weighted by molar-refractivity contribution is 5.95. The van der Waals surface area contributed by atoms with E-state index in [1.165, 1.54) is 4.90 Å². The van der Waals surface area contributed by atoms with Gasteiger partial charge in [0.25, 0.3) is 5.91 Å². The Morgan fingerprint density at radius 2 is 1.89 bits per heavy atom. The fraction of sp³-hybridized carbons (Fsp3) is 0.462. The number of benzene rings is 1. The molecule has 1 aliphatic heterocycles. The maximum Gasteiger partial charge on any atom is 0.254 e. The minimum Gasteiger partial charge on any atom is -0.388 e. The van der Waals surface area contributed by atoms with E-state index in [1.54, 1.807) is 12.1 Å². The fourth-order valence-electron chi connectivity index (χ4n) is 2.03. The molecule has 2 atom stereocenters. The maximum absolute atomic E-state index is 12.2. The first-order valence-corrected chi connectivity index (χ1v) is 5.92. The molecule has 1 saturated heterocycles.